The lowest BCUT2D eigenvalue weighted by Crippen LogP contribution is -2.27. The van der Waals surface area contributed by atoms with E-state index in [1.807, 2.05) is 17.5 Å². The number of nitrogens with zero attached hydrogens (tertiary/aromatic N) is 3. The predicted molar refractivity (Wildman–Crippen MR) is 170 cm³/mol. The predicted octanol–water partition coefficient (Wildman–Crippen LogP) is 7.88. The monoisotopic (exact) mass is 565 g/mol. The number of thiophene rings is 1. The van der Waals surface area contributed by atoms with E-state index in [0.717, 1.165) is 69.5 Å². The van der Waals surface area contributed by atoms with E-state index in [9.17, 15) is 9.65 Å². The van der Waals surface area contributed by atoms with E-state index in [0.29, 0.717) is 4.88 Å². The van der Waals surface area contributed by atoms with Gasteiger partial charge in [0.2, 0.25) is 0 Å². The highest BCUT2D eigenvalue weighted by molar-refractivity contribution is 7.98. The molecule has 0 atom stereocenters. The van der Waals surface area contributed by atoms with Crippen LogP contribution < -0.4 is 15.5 Å². The largest absolute Gasteiger partial charge is 0.368 e. The first kappa shape index (κ1) is 27.8. The highest BCUT2D eigenvalue weighted by atomic mass is 32.2. The molecule has 0 radical (unpaired) electrons. The van der Waals surface area contributed by atoms with E-state index in [2.05, 4.69) is 89.1 Å². The van der Waals surface area contributed by atoms with Crippen molar-refractivity contribution in [2.45, 2.75) is 31.1 Å². The normalized spacial score (nSPS) is 15.5. The van der Waals surface area contributed by atoms with Gasteiger partial charge in [0.05, 0.1) is 11.0 Å². The number of alkyl halides is 1. The molecular formula is C34H32FN3S2. The first-order valence-corrected chi connectivity index (χ1v) is 15.2. The van der Waals surface area contributed by atoms with Gasteiger partial charge in [-0.25, -0.2) is 4.39 Å². The number of nitriles is 1. The van der Waals surface area contributed by atoms with Crippen LogP contribution in [0.2, 0.25) is 0 Å². The van der Waals surface area contributed by atoms with Gasteiger partial charge in [-0.2, -0.15) is 5.26 Å². The van der Waals surface area contributed by atoms with Crippen LogP contribution in [0.15, 0.2) is 89.7 Å². The van der Waals surface area contributed by atoms with Crippen molar-refractivity contribution in [3.63, 3.8) is 0 Å². The fourth-order valence-corrected chi connectivity index (χ4v) is 6.83. The lowest BCUT2D eigenvalue weighted by Gasteiger charge is -2.25. The lowest BCUT2D eigenvalue weighted by atomic mass is 9.99. The molecule has 0 spiro atoms. The third kappa shape index (κ3) is 5.86. The minimum Gasteiger partial charge on any atom is -0.368 e. The van der Waals surface area contributed by atoms with Crippen molar-refractivity contribution in [3.8, 4) is 28.5 Å². The first-order valence-electron chi connectivity index (χ1n) is 13.5. The van der Waals surface area contributed by atoms with Crippen molar-refractivity contribution in [1.29, 1.82) is 5.26 Å². The number of hydrogen-bond acceptors (Lipinski definition) is 4. The van der Waals surface area contributed by atoms with Crippen molar-refractivity contribution < 1.29 is 4.39 Å². The van der Waals surface area contributed by atoms with Crippen LogP contribution in [0.1, 0.15) is 29.7 Å². The minimum atomic E-state index is -0.615. The average molecular weight is 566 g/mol. The Kier molecular flexibility index (Phi) is 9.05. The third-order valence-electron chi connectivity index (χ3n) is 7.04. The van der Waals surface area contributed by atoms with Gasteiger partial charge in [-0.15, -0.1) is 11.3 Å². The van der Waals surface area contributed by atoms with Crippen LogP contribution in [0.3, 0.4) is 0 Å². The second-order valence-corrected chi connectivity index (χ2v) is 11.7. The lowest BCUT2D eigenvalue weighted by molar-refractivity contribution is 0.578. The summed E-state index contributed by atoms with van der Waals surface area (Å²) in [6.07, 6.45) is 13.3. The molecule has 40 heavy (non-hydrogen) atoms. The van der Waals surface area contributed by atoms with E-state index < -0.39 is 6.67 Å². The number of aromatic nitrogens is 1. The molecule has 2 aromatic heterocycles. The number of anilines is 1. The molecule has 202 valence electrons. The maximum atomic E-state index is 14.1. The maximum absolute atomic E-state index is 14.1. The van der Waals surface area contributed by atoms with Crippen LogP contribution in [0.4, 0.5) is 10.1 Å². The van der Waals surface area contributed by atoms with Crippen LogP contribution in [-0.4, -0.2) is 23.7 Å². The van der Waals surface area contributed by atoms with Crippen LogP contribution in [0, 0.1) is 18.3 Å². The van der Waals surface area contributed by atoms with E-state index in [4.69, 9.17) is 0 Å². The molecule has 0 saturated heterocycles. The van der Waals surface area contributed by atoms with Crippen LogP contribution in [0.5, 0.6) is 0 Å². The highest BCUT2D eigenvalue weighted by Gasteiger charge is 2.23. The molecule has 3 heterocycles. The van der Waals surface area contributed by atoms with Gasteiger partial charge in [-0.1, -0.05) is 54.6 Å². The molecule has 1 aliphatic rings. The SMILES string of the molecule is C=C/C=c1\c(=C/CF)c(-c2ccsc2C#N)c(-c2cccc(N3C/C=C\CCCC3)c2)n1Sc1ccc(C)cc1. The summed E-state index contributed by atoms with van der Waals surface area (Å²) in [6, 6.07) is 21.4. The van der Waals surface area contributed by atoms with Crippen molar-refractivity contribution in [2.24, 2.45) is 0 Å². The van der Waals surface area contributed by atoms with Gasteiger partial charge < -0.3 is 4.90 Å². The van der Waals surface area contributed by atoms with Crippen molar-refractivity contribution in [3.05, 3.63) is 106 Å². The zero-order valence-corrected chi connectivity index (χ0v) is 24.3. The summed E-state index contributed by atoms with van der Waals surface area (Å²) in [4.78, 5) is 4.09. The molecule has 2 aromatic carbocycles. The van der Waals surface area contributed by atoms with Crippen LogP contribution >= 0.6 is 23.3 Å². The van der Waals surface area contributed by atoms with Gasteiger partial charge in [0.15, 0.2) is 0 Å². The quantitative estimate of drug-likeness (QED) is 0.214. The third-order valence-corrected chi connectivity index (χ3v) is 8.90. The molecule has 0 N–H and O–H groups in total. The van der Waals surface area contributed by atoms with Gasteiger partial charge in [0, 0.05) is 45.6 Å². The summed E-state index contributed by atoms with van der Waals surface area (Å²) in [5, 5.41) is 13.5. The minimum absolute atomic E-state index is 0.613. The maximum Gasteiger partial charge on any atom is 0.112 e. The molecule has 0 fully saturated rings. The number of benzene rings is 2. The Bertz CT molecular complexity index is 1690. The highest BCUT2D eigenvalue weighted by Crippen LogP contribution is 2.38. The fourth-order valence-electron chi connectivity index (χ4n) is 5.13. The van der Waals surface area contributed by atoms with Gasteiger partial charge in [-0.3, -0.25) is 3.97 Å². The van der Waals surface area contributed by atoms with E-state index in [1.165, 1.54) is 23.3 Å². The molecule has 0 amide bonds. The summed E-state index contributed by atoms with van der Waals surface area (Å²) in [7, 11) is 0. The molecule has 0 bridgehead atoms. The van der Waals surface area contributed by atoms with Crippen LogP contribution in [0.25, 0.3) is 34.5 Å². The summed E-state index contributed by atoms with van der Waals surface area (Å²) in [5.74, 6) is 0. The molecule has 4 aromatic rings. The fraction of sp³-hybridized carbons (Fsp3) is 0.206. The summed E-state index contributed by atoms with van der Waals surface area (Å²) < 4.78 is 16.3. The summed E-state index contributed by atoms with van der Waals surface area (Å²) in [6.45, 7) is 7.30. The Morgan fingerprint density at radius 3 is 2.75 bits per heavy atom. The molecule has 0 saturated carbocycles. The van der Waals surface area contributed by atoms with Crippen molar-refractivity contribution in [1.82, 2.24) is 3.97 Å². The van der Waals surface area contributed by atoms with Crippen molar-refractivity contribution in [2.75, 3.05) is 24.7 Å². The smallest absolute Gasteiger partial charge is 0.112 e. The molecule has 0 unspecified atom stereocenters. The average Bonchev–Trinajstić information content (AvgIpc) is 3.53. The van der Waals surface area contributed by atoms with E-state index in [-0.39, 0.29) is 0 Å². The number of hydrogen-bond donors (Lipinski definition) is 0. The standard InChI is InChI=1S/C34H32FN3S2/c1-3-10-31-29(17-19-35)33(30-18-22-39-32(30)24-36)34(38(31)40-28-15-13-25(2)14-16-28)26-11-9-12-27(23-26)37-20-7-5-4-6-8-21-37/h3,5,7,9-18,22-23H,1,4,6,8,19-21H2,2H3/b7-5-,29-17+,31-10+. The Morgan fingerprint density at radius 1 is 1.12 bits per heavy atom. The second kappa shape index (κ2) is 13.0. The van der Waals surface area contributed by atoms with Gasteiger partial charge in [0.25, 0.3) is 0 Å². The molecule has 1 aliphatic heterocycles. The Balaban J connectivity index is 1.81. The van der Waals surface area contributed by atoms with E-state index >= 15 is 0 Å². The zero-order chi connectivity index (χ0) is 27.9. The second-order valence-electron chi connectivity index (χ2n) is 9.72. The Morgan fingerprint density at radius 2 is 1.98 bits per heavy atom. The number of rotatable bonds is 7. The van der Waals surface area contributed by atoms with Crippen molar-refractivity contribution >= 4 is 41.1 Å². The van der Waals surface area contributed by atoms with Crippen LogP contribution in [-0.2, 0) is 0 Å². The molecule has 5 rings (SSSR count). The van der Waals surface area contributed by atoms with Gasteiger partial charge >= 0.3 is 0 Å². The van der Waals surface area contributed by atoms with Gasteiger partial charge in [-0.05, 0) is 86.0 Å². The Labute approximate surface area is 244 Å². The van der Waals surface area contributed by atoms with Gasteiger partial charge in [0.1, 0.15) is 17.6 Å². The summed E-state index contributed by atoms with van der Waals surface area (Å²) >= 11 is 3.00. The number of halogens is 1. The molecule has 3 nitrogen and oxygen atoms in total. The molecule has 0 aliphatic carbocycles. The van der Waals surface area contributed by atoms with E-state index in [1.54, 1.807) is 24.1 Å². The first-order chi connectivity index (χ1) is 19.6. The summed E-state index contributed by atoms with van der Waals surface area (Å²) in [5.41, 5.74) is 5.99. The molecular weight excluding hydrogens is 534 g/mol. The number of allylic oxidation sites excluding steroid dienone is 2. The molecule has 6 heteroatoms. The number of aryl methyl sites for hydroxylation is 1. The topological polar surface area (TPSA) is 32.0 Å². The zero-order valence-electron chi connectivity index (χ0n) is 22.6. The Hall–Kier alpha value is -3.79.